The van der Waals surface area contributed by atoms with E-state index in [0.717, 1.165) is 11.1 Å². The summed E-state index contributed by atoms with van der Waals surface area (Å²) in [5.41, 5.74) is 2.28. The van der Waals surface area contributed by atoms with Gasteiger partial charge in [-0.15, -0.1) is 6.58 Å². The van der Waals surface area contributed by atoms with Crippen molar-refractivity contribution < 1.29 is 14.6 Å². The number of benzene rings is 2. The molecule has 128 valence electrons. The maximum atomic E-state index is 10.4. The molecule has 0 amide bonds. The van der Waals surface area contributed by atoms with Crippen LogP contribution in [0.25, 0.3) is 10.8 Å². The van der Waals surface area contributed by atoms with Crippen LogP contribution in [0.4, 0.5) is 0 Å². The molecule has 1 heterocycles. The molecule has 0 fully saturated rings. The van der Waals surface area contributed by atoms with Crippen LogP contribution in [0.5, 0.6) is 0 Å². The standard InChI is InChI=1S/C21H26O3/c1-4-14(2)21-15(3)20(22)13-23-11-18-9-16-7-5-6-8-17(16)10-19(18)12-24-21/h4-10,14-15,20-22H,1,11-13H2,2-3H3/t14?,15-,20?,21-/m0/s1. The average Bonchev–Trinajstić information content (AvgIpc) is 2.60. The van der Waals surface area contributed by atoms with Gasteiger partial charge in [0.2, 0.25) is 0 Å². The predicted octanol–water partition coefficient (Wildman–Crippen LogP) is 4.07. The fourth-order valence-electron chi connectivity index (χ4n) is 3.37. The number of fused-ring (bicyclic) bond motifs is 2. The first kappa shape index (κ1) is 17.2. The van der Waals surface area contributed by atoms with E-state index in [4.69, 9.17) is 9.47 Å². The summed E-state index contributed by atoms with van der Waals surface area (Å²) >= 11 is 0. The molecule has 2 unspecified atom stereocenters. The fourth-order valence-corrected chi connectivity index (χ4v) is 3.37. The lowest BCUT2D eigenvalue weighted by atomic mass is 9.89. The van der Waals surface area contributed by atoms with Gasteiger partial charge in [0.1, 0.15) is 0 Å². The highest BCUT2D eigenvalue weighted by Crippen LogP contribution is 2.27. The minimum Gasteiger partial charge on any atom is -0.390 e. The molecule has 1 N–H and O–H groups in total. The third kappa shape index (κ3) is 3.54. The molecule has 1 aliphatic heterocycles. The van der Waals surface area contributed by atoms with Crippen molar-refractivity contribution in [2.24, 2.45) is 11.8 Å². The van der Waals surface area contributed by atoms with Crippen LogP contribution in [0.15, 0.2) is 49.1 Å². The zero-order chi connectivity index (χ0) is 17.1. The van der Waals surface area contributed by atoms with E-state index >= 15 is 0 Å². The zero-order valence-corrected chi connectivity index (χ0v) is 14.4. The van der Waals surface area contributed by atoms with Crippen LogP contribution in [0.1, 0.15) is 25.0 Å². The van der Waals surface area contributed by atoms with Crippen molar-refractivity contribution in [3.8, 4) is 0 Å². The van der Waals surface area contributed by atoms with Crippen LogP contribution < -0.4 is 0 Å². The van der Waals surface area contributed by atoms with Gasteiger partial charge in [0.15, 0.2) is 0 Å². The number of ether oxygens (including phenoxy) is 2. The molecular weight excluding hydrogens is 300 g/mol. The maximum absolute atomic E-state index is 10.4. The quantitative estimate of drug-likeness (QED) is 0.845. The van der Waals surface area contributed by atoms with E-state index in [9.17, 15) is 5.11 Å². The zero-order valence-electron chi connectivity index (χ0n) is 14.4. The van der Waals surface area contributed by atoms with E-state index in [1.54, 1.807) is 0 Å². The van der Waals surface area contributed by atoms with Crippen molar-refractivity contribution in [2.45, 2.75) is 39.3 Å². The van der Waals surface area contributed by atoms with E-state index in [1.165, 1.54) is 10.8 Å². The molecule has 0 radical (unpaired) electrons. The van der Waals surface area contributed by atoms with Crippen LogP contribution in [0, 0.1) is 11.8 Å². The summed E-state index contributed by atoms with van der Waals surface area (Å²) in [7, 11) is 0. The summed E-state index contributed by atoms with van der Waals surface area (Å²) in [5.74, 6) is 0.151. The highest BCUT2D eigenvalue weighted by Gasteiger charge is 2.29. The normalized spacial score (nSPS) is 26.5. The van der Waals surface area contributed by atoms with Crippen molar-refractivity contribution in [1.29, 1.82) is 0 Å². The number of hydrogen-bond acceptors (Lipinski definition) is 3. The van der Waals surface area contributed by atoms with E-state index in [-0.39, 0.29) is 17.9 Å². The van der Waals surface area contributed by atoms with Gasteiger partial charge in [-0.1, -0.05) is 44.2 Å². The van der Waals surface area contributed by atoms with E-state index in [0.29, 0.717) is 19.8 Å². The van der Waals surface area contributed by atoms with Gasteiger partial charge in [-0.3, -0.25) is 0 Å². The Labute approximate surface area is 143 Å². The van der Waals surface area contributed by atoms with E-state index in [1.807, 2.05) is 25.1 Å². The van der Waals surface area contributed by atoms with Gasteiger partial charge in [0.05, 0.1) is 32.0 Å². The van der Waals surface area contributed by atoms with Crippen LogP contribution in [0.3, 0.4) is 0 Å². The van der Waals surface area contributed by atoms with Crippen LogP contribution in [0.2, 0.25) is 0 Å². The third-order valence-electron chi connectivity index (χ3n) is 5.06. The highest BCUT2D eigenvalue weighted by atomic mass is 16.5. The second-order valence-corrected chi connectivity index (χ2v) is 6.78. The van der Waals surface area contributed by atoms with E-state index < -0.39 is 6.10 Å². The topological polar surface area (TPSA) is 38.7 Å². The van der Waals surface area contributed by atoms with Gasteiger partial charge in [0.25, 0.3) is 0 Å². The molecule has 2 aromatic carbocycles. The molecule has 1 aliphatic rings. The molecule has 0 saturated heterocycles. The number of aliphatic hydroxyl groups excluding tert-OH is 1. The lowest BCUT2D eigenvalue weighted by molar-refractivity contribution is -0.0835. The maximum Gasteiger partial charge on any atom is 0.0824 e. The molecule has 0 saturated carbocycles. The number of hydrogen-bond donors (Lipinski definition) is 1. The number of rotatable bonds is 2. The Morgan fingerprint density at radius 2 is 1.79 bits per heavy atom. The molecule has 0 bridgehead atoms. The molecule has 24 heavy (non-hydrogen) atoms. The van der Waals surface area contributed by atoms with Crippen molar-refractivity contribution >= 4 is 10.8 Å². The number of aliphatic hydroxyl groups is 1. The SMILES string of the molecule is C=CC(C)[C@@H]1OCc2cc3ccccc3cc2COCC(O)[C@@H]1C. The third-order valence-corrected chi connectivity index (χ3v) is 5.06. The smallest absolute Gasteiger partial charge is 0.0824 e. The summed E-state index contributed by atoms with van der Waals surface area (Å²) in [4.78, 5) is 0. The first-order valence-corrected chi connectivity index (χ1v) is 8.60. The molecular formula is C21H26O3. The molecule has 3 heteroatoms. The highest BCUT2D eigenvalue weighted by molar-refractivity contribution is 5.84. The van der Waals surface area contributed by atoms with Crippen LogP contribution in [-0.4, -0.2) is 23.9 Å². The lowest BCUT2D eigenvalue weighted by Crippen LogP contribution is -2.38. The summed E-state index contributed by atoms with van der Waals surface area (Å²) < 4.78 is 12.0. The van der Waals surface area contributed by atoms with Gasteiger partial charge in [-0.05, 0) is 34.0 Å². The summed E-state index contributed by atoms with van der Waals surface area (Å²) in [6, 6.07) is 12.7. The molecule has 3 nitrogen and oxygen atoms in total. The molecule has 3 rings (SSSR count). The fraction of sp³-hybridized carbons (Fsp3) is 0.429. The minimum absolute atomic E-state index is 0.0139. The van der Waals surface area contributed by atoms with Crippen molar-refractivity contribution in [2.75, 3.05) is 6.61 Å². The predicted molar refractivity (Wildman–Crippen MR) is 96.7 cm³/mol. The second-order valence-electron chi connectivity index (χ2n) is 6.78. The molecule has 0 aliphatic carbocycles. The van der Waals surface area contributed by atoms with E-state index in [2.05, 4.69) is 37.8 Å². The Bertz CT molecular complexity index is 709. The summed E-state index contributed by atoms with van der Waals surface area (Å²) in [6.07, 6.45) is 1.26. The average molecular weight is 326 g/mol. The minimum atomic E-state index is -0.542. The Morgan fingerprint density at radius 1 is 1.17 bits per heavy atom. The molecule has 0 spiro atoms. The Hall–Kier alpha value is -1.68. The van der Waals surface area contributed by atoms with Gasteiger partial charge in [-0.2, -0.15) is 0 Å². The monoisotopic (exact) mass is 326 g/mol. The first-order chi connectivity index (χ1) is 11.6. The van der Waals surface area contributed by atoms with Crippen molar-refractivity contribution in [3.05, 3.63) is 60.2 Å². The first-order valence-electron chi connectivity index (χ1n) is 8.60. The van der Waals surface area contributed by atoms with Gasteiger partial charge in [-0.25, -0.2) is 0 Å². The van der Waals surface area contributed by atoms with Gasteiger partial charge < -0.3 is 14.6 Å². The molecule has 4 atom stereocenters. The van der Waals surface area contributed by atoms with Crippen molar-refractivity contribution in [1.82, 2.24) is 0 Å². The molecule has 0 aromatic heterocycles. The Kier molecular flexibility index (Phi) is 5.34. The summed E-state index contributed by atoms with van der Waals surface area (Å²) in [6.45, 7) is 9.31. The van der Waals surface area contributed by atoms with Crippen LogP contribution >= 0.6 is 0 Å². The van der Waals surface area contributed by atoms with Gasteiger partial charge in [0, 0.05) is 11.8 Å². The second kappa shape index (κ2) is 7.47. The molecule has 2 aromatic rings. The Balaban J connectivity index is 1.95. The lowest BCUT2D eigenvalue weighted by Gasteiger charge is -2.32. The largest absolute Gasteiger partial charge is 0.390 e. The van der Waals surface area contributed by atoms with Crippen LogP contribution in [-0.2, 0) is 22.7 Å². The Morgan fingerprint density at radius 3 is 2.42 bits per heavy atom. The van der Waals surface area contributed by atoms with Crippen molar-refractivity contribution in [3.63, 3.8) is 0 Å². The van der Waals surface area contributed by atoms with Gasteiger partial charge >= 0.3 is 0 Å². The summed E-state index contributed by atoms with van der Waals surface area (Å²) in [5, 5.41) is 12.8.